The number of nitrogens with one attached hydrogen (secondary N) is 1. The Balaban J connectivity index is 1.37. The molecule has 4 aromatic rings. The second kappa shape index (κ2) is 9.33. The van der Waals surface area contributed by atoms with E-state index < -0.39 is 0 Å². The highest BCUT2D eigenvalue weighted by atomic mass is 35.5. The first-order valence-electron chi connectivity index (χ1n) is 9.80. The molecule has 0 saturated carbocycles. The van der Waals surface area contributed by atoms with E-state index in [2.05, 4.69) is 5.32 Å². The minimum absolute atomic E-state index is 0.0395. The van der Waals surface area contributed by atoms with Gasteiger partial charge in [-0.1, -0.05) is 53.6 Å². The monoisotopic (exact) mass is 448 g/mol. The van der Waals surface area contributed by atoms with E-state index in [9.17, 15) is 4.79 Å². The third-order valence-electron chi connectivity index (χ3n) is 4.75. The molecule has 0 unspecified atom stereocenters. The molecule has 0 bridgehead atoms. The van der Waals surface area contributed by atoms with E-state index in [0.717, 1.165) is 38.7 Å². The summed E-state index contributed by atoms with van der Waals surface area (Å²) in [6.45, 7) is 3.95. The van der Waals surface area contributed by atoms with Crippen LogP contribution in [0.15, 0.2) is 72.1 Å². The van der Waals surface area contributed by atoms with Crippen LogP contribution in [-0.2, 0) is 4.79 Å². The first-order valence-corrected chi connectivity index (χ1v) is 11.1. The van der Waals surface area contributed by atoms with E-state index in [1.165, 1.54) is 0 Å². The Kier molecular flexibility index (Phi) is 6.35. The maximum absolute atomic E-state index is 12.2. The lowest BCUT2D eigenvalue weighted by Gasteiger charge is -2.10. The smallest absolute Gasteiger partial charge is 0.262 e. The lowest BCUT2D eigenvalue weighted by atomic mass is 10.1. The Hall–Kier alpha value is -3.15. The van der Waals surface area contributed by atoms with Crippen molar-refractivity contribution in [2.24, 2.45) is 0 Å². The van der Waals surface area contributed by atoms with Crippen molar-refractivity contribution in [2.75, 3.05) is 11.9 Å². The van der Waals surface area contributed by atoms with E-state index in [1.54, 1.807) is 11.3 Å². The van der Waals surface area contributed by atoms with Gasteiger partial charge in [-0.3, -0.25) is 4.79 Å². The average Bonchev–Trinajstić information content (AvgIpc) is 3.24. The van der Waals surface area contributed by atoms with Gasteiger partial charge in [0.15, 0.2) is 6.61 Å². The molecule has 1 N–H and O–H groups in total. The van der Waals surface area contributed by atoms with Crippen LogP contribution in [0.5, 0.6) is 5.75 Å². The van der Waals surface area contributed by atoms with Gasteiger partial charge in [0.05, 0.1) is 5.69 Å². The molecule has 4 nitrogen and oxygen atoms in total. The number of rotatable bonds is 6. The Labute approximate surface area is 190 Å². The van der Waals surface area contributed by atoms with E-state index in [0.29, 0.717) is 10.7 Å². The fraction of sp³-hybridized carbons (Fsp3) is 0.120. The van der Waals surface area contributed by atoms with Crippen molar-refractivity contribution in [1.29, 1.82) is 0 Å². The van der Waals surface area contributed by atoms with Crippen LogP contribution in [0.25, 0.3) is 21.8 Å². The molecule has 0 aliphatic rings. The Morgan fingerprint density at radius 2 is 1.71 bits per heavy atom. The Morgan fingerprint density at radius 3 is 2.42 bits per heavy atom. The summed E-state index contributed by atoms with van der Waals surface area (Å²) < 4.78 is 5.64. The third-order valence-corrected chi connectivity index (χ3v) is 5.89. The second-order valence-corrected chi connectivity index (χ2v) is 8.52. The van der Waals surface area contributed by atoms with Crippen LogP contribution in [0, 0.1) is 13.8 Å². The van der Waals surface area contributed by atoms with Crippen LogP contribution >= 0.6 is 22.9 Å². The number of anilines is 1. The van der Waals surface area contributed by atoms with Crippen molar-refractivity contribution < 1.29 is 9.53 Å². The fourth-order valence-corrected chi connectivity index (χ4v) is 4.12. The van der Waals surface area contributed by atoms with E-state index in [-0.39, 0.29) is 12.5 Å². The van der Waals surface area contributed by atoms with Gasteiger partial charge in [0.1, 0.15) is 10.8 Å². The van der Waals surface area contributed by atoms with Gasteiger partial charge in [-0.2, -0.15) is 0 Å². The standard InChI is InChI=1S/C25H21ClN2O2S/c1-16-3-12-23(17(2)13-16)30-14-24(29)27-21-10-6-18(7-11-21)22-15-31-25(28-22)19-4-8-20(26)9-5-19/h3-13,15H,14H2,1-2H3,(H,27,29). The zero-order valence-corrected chi connectivity index (χ0v) is 18.8. The topological polar surface area (TPSA) is 51.2 Å². The van der Waals surface area contributed by atoms with Gasteiger partial charge >= 0.3 is 0 Å². The highest BCUT2D eigenvalue weighted by molar-refractivity contribution is 7.13. The number of carbonyl (C=O) groups is 1. The molecule has 31 heavy (non-hydrogen) atoms. The molecule has 156 valence electrons. The van der Waals surface area contributed by atoms with Crippen LogP contribution in [0.1, 0.15) is 11.1 Å². The van der Waals surface area contributed by atoms with Crippen LogP contribution in [0.4, 0.5) is 5.69 Å². The second-order valence-electron chi connectivity index (χ2n) is 7.23. The molecule has 1 aromatic heterocycles. The molecule has 1 amide bonds. The molecule has 3 aromatic carbocycles. The molecule has 0 aliphatic carbocycles. The molecule has 1 heterocycles. The molecule has 0 atom stereocenters. The summed E-state index contributed by atoms with van der Waals surface area (Å²) >= 11 is 7.54. The largest absolute Gasteiger partial charge is 0.483 e. The first-order chi connectivity index (χ1) is 15.0. The van der Waals surface area contributed by atoms with Gasteiger partial charge in [-0.15, -0.1) is 11.3 Å². The molecule has 0 saturated heterocycles. The lowest BCUT2D eigenvalue weighted by molar-refractivity contribution is -0.118. The van der Waals surface area contributed by atoms with Crippen molar-refractivity contribution in [3.05, 3.63) is 88.3 Å². The summed E-state index contributed by atoms with van der Waals surface area (Å²) in [6.07, 6.45) is 0. The SMILES string of the molecule is Cc1ccc(OCC(=O)Nc2ccc(-c3csc(-c4ccc(Cl)cc4)n3)cc2)c(C)c1. The van der Waals surface area contributed by atoms with Gasteiger partial charge < -0.3 is 10.1 Å². The summed E-state index contributed by atoms with van der Waals surface area (Å²) in [5, 5.41) is 6.53. The normalized spacial score (nSPS) is 10.7. The van der Waals surface area contributed by atoms with Crippen molar-refractivity contribution in [3.63, 3.8) is 0 Å². The first kappa shape index (κ1) is 21.1. The minimum atomic E-state index is -0.202. The number of amides is 1. The van der Waals surface area contributed by atoms with E-state index in [4.69, 9.17) is 21.3 Å². The van der Waals surface area contributed by atoms with Gasteiger partial charge in [0, 0.05) is 27.2 Å². The van der Waals surface area contributed by atoms with Crippen molar-refractivity contribution >= 4 is 34.5 Å². The number of thiazole rings is 1. The van der Waals surface area contributed by atoms with Crippen molar-refractivity contribution in [3.8, 4) is 27.6 Å². The van der Waals surface area contributed by atoms with Gasteiger partial charge in [0.2, 0.25) is 0 Å². The minimum Gasteiger partial charge on any atom is -0.483 e. The highest BCUT2D eigenvalue weighted by Gasteiger charge is 2.09. The molecule has 0 radical (unpaired) electrons. The summed E-state index contributed by atoms with van der Waals surface area (Å²) in [4.78, 5) is 17.0. The number of benzene rings is 3. The maximum atomic E-state index is 12.2. The number of carbonyl (C=O) groups excluding carboxylic acids is 1. The van der Waals surface area contributed by atoms with Gasteiger partial charge in [0.25, 0.3) is 5.91 Å². The molecule has 0 spiro atoms. The number of ether oxygens (including phenoxy) is 1. The number of halogens is 1. The lowest BCUT2D eigenvalue weighted by Crippen LogP contribution is -2.20. The zero-order chi connectivity index (χ0) is 21.8. The van der Waals surface area contributed by atoms with E-state index in [1.807, 2.05) is 86.0 Å². The van der Waals surface area contributed by atoms with Crippen molar-refractivity contribution in [1.82, 2.24) is 4.98 Å². The van der Waals surface area contributed by atoms with Crippen LogP contribution in [0.2, 0.25) is 5.02 Å². The number of aryl methyl sites for hydroxylation is 2. The van der Waals surface area contributed by atoms with E-state index >= 15 is 0 Å². The fourth-order valence-electron chi connectivity index (χ4n) is 3.16. The maximum Gasteiger partial charge on any atom is 0.262 e. The Bertz CT molecular complexity index is 1200. The van der Waals surface area contributed by atoms with Crippen LogP contribution in [-0.4, -0.2) is 17.5 Å². The molecule has 0 aliphatic heterocycles. The summed E-state index contributed by atoms with van der Waals surface area (Å²) in [5.41, 5.74) is 5.81. The highest BCUT2D eigenvalue weighted by Crippen LogP contribution is 2.30. The van der Waals surface area contributed by atoms with Gasteiger partial charge in [-0.25, -0.2) is 4.98 Å². The predicted molar refractivity (Wildman–Crippen MR) is 128 cm³/mol. The predicted octanol–water partition coefficient (Wildman–Crippen LogP) is 6.76. The zero-order valence-electron chi connectivity index (χ0n) is 17.2. The van der Waals surface area contributed by atoms with Crippen LogP contribution < -0.4 is 10.1 Å². The molecule has 0 fully saturated rings. The van der Waals surface area contributed by atoms with Gasteiger partial charge in [-0.05, 0) is 49.7 Å². The van der Waals surface area contributed by atoms with Crippen molar-refractivity contribution in [2.45, 2.75) is 13.8 Å². The summed E-state index contributed by atoms with van der Waals surface area (Å²) in [6, 6.07) is 21.2. The summed E-state index contributed by atoms with van der Waals surface area (Å²) in [5.74, 6) is 0.516. The number of hydrogen-bond acceptors (Lipinski definition) is 4. The Morgan fingerprint density at radius 1 is 1.00 bits per heavy atom. The quantitative estimate of drug-likeness (QED) is 0.354. The van der Waals surface area contributed by atoms with Crippen LogP contribution in [0.3, 0.4) is 0 Å². The molecule has 4 rings (SSSR count). The summed E-state index contributed by atoms with van der Waals surface area (Å²) in [7, 11) is 0. The third kappa shape index (κ3) is 5.32. The number of hydrogen-bond donors (Lipinski definition) is 1. The number of nitrogens with zero attached hydrogens (tertiary/aromatic N) is 1. The number of aromatic nitrogens is 1. The molecular weight excluding hydrogens is 428 g/mol. The molecular formula is C25H21ClN2O2S. The molecule has 6 heteroatoms. The average molecular weight is 449 g/mol.